The number of likely N-dealkylation sites (N-methyl/N-ethyl adjacent to an activating group) is 1. The molecule has 6 nitrogen and oxygen atoms in total. The van der Waals surface area contributed by atoms with Crippen LogP contribution in [-0.2, 0) is 10.2 Å². The summed E-state index contributed by atoms with van der Waals surface area (Å²) in [7, 11) is 3.41. The summed E-state index contributed by atoms with van der Waals surface area (Å²) in [6.07, 6.45) is 0.641. The fourth-order valence-electron chi connectivity index (χ4n) is 3.58. The SMILES string of the molecule is COc1ccc2c(c1)[C@]1(CCN(C(=O)NC(C)C)C1)C(=O)N2C. The Kier molecular flexibility index (Phi) is 3.70. The van der Waals surface area contributed by atoms with Crippen molar-refractivity contribution >= 4 is 17.6 Å². The van der Waals surface area contributed by atoms with Gasteiger partial charge in [-0.1, -0.05) is 0 Å². The summed E-state index contributed by atoms with van der Waals surface area (Å²) in [6.45, 7) is 4.85. The second kappa shape index (κ2) is 5.44. The molecule has 124 valence electrons. The van der Waals surface area contributed by atoms with Crippen LogP contribution in [0.5, 0.6) is 5.75 Å². The molecule has 2 aliphatic rings. The Hall–Kier alpha value is -2.24. The first-order chi connectivity index (χ1) is 10.9. The number of carbonyl (C=O) groups is 2. The second-order valence-corrected chi connectivity index (χ2v) is 6.61. The summed E-state index contributed by atoms with van der Waals surface area (Å²) in [5, 5.41) is 2.90. The third-order valence-electron chi connectivity index (χ3n) is 4.76. The van der Waals surface area contributed by atoms with Gasteiger partial charge in [-0.2, -0.15) is 0 Å². The molecule has 6 heteroatoms. The summed E-state index contributed by atoms with van der Waals surface area (Å²) >= 11 is 0. The first-order valence-corrected chi connectivity index (χ1v) is 7.91. The molecule has 1 aromatic carbocycles. The highest BCUT2D eigenvalue weighted by atomic mass is 16.5. The zero-order valence-electron chi connectivity index (χ0n) is 14.0. The van der Waals surface area contributed by atoms with E-state index in [1.54, 1.807) is 24.0 Å². The van der Waals surface area contributed by atoms with Gasteiger partial charge in [0, 0.05) is 31.9 Å². The van der Waals surface area contributed by atoms with Gasteiger partial charge < -0.3 is 19.9 Å². The van der Waals surface area contributed by atoms with E-state index >= 15 is 0 Å². The van der Waals surface area contributed by atoms with Crippen LogP contribution >= 0.6 is 0 Å². The van der Waals surface area contributed by atoms with Crippen LogP contribution in [0.15, 0.2) is 18.2 Å². The molecule has 23 heavy (non-hydrogen) atoms. The lowest BCUT2D eigenvalue weighted by atomic mass is 9.81. The smallest absolute Gasteiger partial charge is 0.317 e. The Balaban J connectivity index is 1.94. The van der Waals surface area contributed by atoms with Gasteiger partial charge in [0.25, 0.3) is 0 Å². The van der Waals surface area contributed by atoms with Crippen LogP contribution in [0.2, 0.25) is 0 Å². The summed E-state index contributed by atoms with van der Waals surface area (Å²) in [4.78, 5) is 28.6. The highest BCUT2D eigenvalue weighted by Crippen LogP contribution is 2.47. The van der Waals surface area contributed by atoms with E-state index in [2.05, 4.69) is 5.32 Å². The molecular weight excluding hydrogens is 294 g/mol. The Morgan fingerprint density at radius 2 is 2.13 bits per heavy atom. The van der Waals surface area contributed by atoms with E-state index in [9.17, 15) is 9.59 Å². The summed E-state index contributed by atoms with van der Waals surface area (Å²) in [5.74, 6) is 0.789. The fraction of sp³-hybridized carbons (Fsp3) is 0.529. The first kappa shape index (κ1) is 15.6. The monoisotopic (exact) mass is 317 g/mol. The second-order valence-electron chi connectivity index (χ2n) is 6.61. The molecule has 0 aromatic heterocycles. The summed E-state index contributed by atoms with van der Waals surface area (Å²) in [6, 6.07) is 5.68. The van der Waals surface area contributed by atoms with E-state index in [0.717, 1.165) is 17.0 Å². The molecule has 3 amide bonds. The number of benzene rings is 1. The van der Waals surface area contributed by atoms with E-state index in [1.165, 1.54) is 0 Å². The third-order valence-corrected chi connectivity index (χ3v) is 4.76. The van der Waals surface area contributed by atoms with Gasteiger partial charge in [-0.25, -0.2) is 4.79 Å². The predicted octanol–water partition coefficient (Wildman–Crippen LogP) is 1.73. The number of nitrogens with zero attached hydrogens (tertiary/aromatic N) is 2. The Morgan fingerprint density at radius 1 is 1.39 bits per heavy atom. The van der Waals surface area contributed by atoms with E-state index in [-0.39, 0.29) is 18.0 Å². The molecule has 0 radical (unpaired) electrons. The van der Waals surface area contributed by atoms with E-state index in [1.807, 2.05) is 32.0 Å². The number of amides is 3. The number of nitrogens with one attached hydrogen (secondary N) is 1. The van der Waals surface area contributed by atoms with E-state index < -0.39 is 5.41 Å². The van der Waals surface area contributed by atoms with Crippen LogP contribution in [0.4, 0.5) is 10.5 Å². The maximum Gasteiger partial charge on any atom is 0.317 e. The van der Waals surface area contributed by atoms with Crippen molar-refractivity contribution in [1.29, 1.82) is 0 Å². The maximum atomic E-state index is 12.9. The van der Waals surface area contributed by atoms with Gasteiger partial charge in [0.05, 0.1) is 12.5 Å². The van der Waals surface area contributed by atoms with Gasteiger partial charge in [0.1, 0.15) is 5.75 Å². The van der Waals surface area contributed by atoms with Crippen LogP contribution in [0.1, 0.15) is 25.8 Å². The Labute approximate surface area is 136 Å². The largest absolute Gasteiger partial charge is 0.497 e. The number of anilines is 1. The summed E-state index contributed by atoms with van der Waals surface area (Å²) < 4.78 is 5.32. The van der Waals surface area contributed by atoms with Crippen LogP contribution in [0, 0.1) is 0 Å². The van der Waals surface area contributed by atoms with Crippen LogP contribution in [-0.4, -0.2) is 50.1 Å². The number of hydrogen-bond donors (Lipinski definition) is 1. The highest BCUT2D eigenvalue weighted by molar-refractivity contribution is 6.08. The fourth-order valence-corrected chi connectivity index (χ4v) is 3.58. The van der Waals surface area contributed by atoms with Gasteiger partial charge in [-0.05, 0) is 44.0 Å². The molecule has 1 aromatic rings. The minimum absolute atomic E-state index is 0.0561. The zero-order valence-corrected chi connectivity index (χ0v) is 14.0. The van der Waals surface area contributed by atoms with Crippen molar-refractivity contribution in [2.45, 2.75) is 31.7 Å². The molecule has 1 N–H and O–H groups in total. The van der Waals surface area contributed by atoms with Crippen LogP contribution < -0.4 is 15.0 Å². The van der Waals surface area contributed by atoms with Gasteiger partial charge in [0.15, 0.2) is 0 Å². The summed E-state index contributed by atoms with van der Waals surface area (Å²) in [5.41, 5.74) is 1.22. The molecule has 1 spiro atoms. The molecule has 1 atom stereocenters. The molecule has 0 aliphatic carbocycles. The van der Waals surface area contributed by atoms with E-state index in [4.69, 9.17) is 4.74 Å². The molecule has 3 rings (SSSR count). The lowest BCUT2D eigenvalue weighted by molar-refractivity contribution is -0.122. The predicted molar refractivity (Wildman–Crippen MR) is 87.9 cm³/mol. The standard InChI is InChI=1S/C17H23N3O3/c1-11(2)18-16(22)20-8-7-17(10-20)13-9-12(23-4)5-6-14(13)19(3)15(17)21/h5-6,9,11H,7-8,10H2,1-4H3,(H,18,22)/t17-/m1/s1. The van der Waals surface area contributed by atoms with Crippen molar-refractivity contribution in [2.24, 2.45) is 0 Å². The molecule has 0 unspecified atom stereocenters. The number of methoxy groups -OCH3 is 1. The molecular formula is C17H23N3O3. The molecule has 1 saturated heterocycles. The number of likely N-dealkylation sites (tertiary alicyclic amines) is 1. The molecule has 0 bridgehead atoms. The lowest BCUT2D eigenvalue weighted by Crippen LogP contribution is -2.45. The van der Waals surface area contributed by atoms with E-state index in [0.29, 0.717) is 19.5 Å². The molecule has 1 fully saturated rings. The molecule has 2 aliphatic heterocycles. The van der Waals surface area contributed by atoms with Crippen LogP contribution in [0.3, 0.4) is 0 Å². The Bertz CT molecular complexity index is 658. The number of urea groups is 1. The lowest BCUT2D eigenvalue weighted by Gasteiger charge is -2.24. The van der Waals surface area contributed by atoms with Crippen LogP contribution in [0.25, 0.3) is 0 Å². The van der Waals surface area contributed by atoms with Gasteiger partial charge in [-0.15, -0.1) is 0 Å². The van der Waals surface area contributed by atoms with Crippen molar-refractivity contribution in [3.63, 3.8) is 0 Å². The topological polar surface area (TPSA) is 61.9 Å². The average molecular weight is 317 g/mol. The number of ether oxygens (including phenoxy) is 1. The van der Waals surface area contributed by atoms with Crippen molar-refractivity contribution in [3.8, 4) is 5.75 Å². The number of carbonyl (C=O) groups excluding carboxylic acids is 2. The first-order valence-electron chi connectivity index (χ1n) is 7.91. The number of rotatable bonds is 2. The van der Waals surface area contributed by atoms with Gasteiger partial charge in [0.2, 0.25) is 5.91 Å². The molecule has 2 heterocycles. The Morgan fingerprint density at radius 3 is 2.78 bits per heavy atom. The van der Waals surface area contributed by atoms with Crippen molar-refractivity contribution in [1.82, 2.24) is 10.2 Å². The van der Waals surface area contributed by atoms with Crippen molar-refractivity contribution in [2.75, 3.05) is 32.1 Å². The van der Waals surface area contributed by atoms with Crippen molar-refractivity contribution in [3.05, 3.63) is 23.8 Å². The quantitative estimate of drug-likeness (QED) is 0.903. The zero-order chi connectivity index (χ0) is 16.8. The number of fused-ring (bicyclic) bond motifs is 2. The molecule has 0 saturated carbocycles. The van der Waals surface area contributed by atoms with Gasteiger partial charge >= 0.3 is 6.03 Å². The minimum atomic E-state index is -0.646. The average Bonchev–Trinajstić information content (AvgIpc) is 3.05. The normalized spacial score (nSPS) is 22.9. The van der Waals surface area contributed by atoms with Gasteiger partial charge in [-0.3, -0.25) is 4.79 Å². The van der Waals surface area contributed by atoms with Crippen molar-refractivity contribution < 1.29 is 14.3 Å². The minimum Gasteiger partial charge on any atom is -0.497 e. The third kappa shape index (κ3) is 2.33. The highest BCUT2D eigenvalue weighted by Gasteiger charge is 2.54. The number of hydrogen-bond acceptors (Lipinski definition) is 3. The maximum absolute atomic E-state index is 12.9.